The van der Waals surface area contributed by atoms with E-state index < -0.39 is 12.5 Å². The summed E-state index contributed by atoms with van der Waals surface area (Å²) in [7, 11) is 0. The molecule has 1 aliphatic carbocycles. The van der Waals surface area contributed by atoms with Gasteiger partial charge in [0.25, 0.3) is 0 Å². The fourth-order valence-electron chi connectivity index (χ4n) is 1.48. The molecule has 0 radical (unpaired) electrons. The van der Waals surface area contributed by atoms with Crippen LogP contribution in [0.15, 0.2) is 0 Å². The molecule has 74 valence electrons. The second kappa shape index (κ2) is 3.97. The van der Waals surface area contributed by atoms with Gasteiger partial charge in [-0.3, -0.25) is 4.74 Å². The van der Waals surface area contributed by atoms with Crippen LogP contribution in [0.25, 0.3) is 4.85 Å². The van der Waals surface area contributed by atoms with Crippen LogP contribution in [0.5, 0.6) is 0 Å². The highest BCUT2D eigenvalue weighted by Gasteiger charge is 2.36. The lowest BCUT2D eigenvalue weighted by Crippen LogP contribution is -2.28. The number of rotatable bonds is 1. The summed E-state index contributed by atoms with van der Waals surface area (Å²) in [5.74, 6) is 0. The van der Waals surface area contributed by atoms with Crippen molar-refractivity contribution in [3.05, 3.63) is 11.4 Å². The first-order chi connectivity index (χ1) is 6.01. The lowest BCUT2D eigenvalue weighted by molar-refractivity contribution is -0.345. The summed E-state index contributed by atoms with van der Waals surface area (Å²) in [5, 5.41) is 0. The molecule has 0 atom stereocenters. The zero-order valence-corrected chi connectivity index (χ0v) is 6.97. The molecule has 0 spiro atoms. The number of alkyl halides is 3. The molecule has 0 unspecified atom stereocenters. The monoisotopic (exact) mass is 193 g/mol. The Kier molecular flexibility index (Phi) is 3.15. The number of nitrogens with zero attached hydrogens (tertiary/aromatic N) is 1. The van der Waals surface area contributed by atoms with Crippen LogP contribution >= 0.6 is 0 Å². The van der Waals surface area contributed by atoms with E-state index in [4.69, 9.17) is 6.57 Å². The molecule has 0 N–H and O–H groups in total. The van der Waals surface area contributed by atoms with Gasteiger partial charge in [-0.05, 0) is 12.8 Å². The van der Waals surface area contributed by atoms with Gasteiger partial charge in [0, 0.05) is 12.8 Å². The zero-order chi connectivity index (χ0) is 9.90. The highest BCUT2D eigenvalue weighted by Crippen LogP contribution is 2.28. The average molecular weight is 193 g/mol. The van der Waals surface area contributed by atoms with Gasteiger partial charge in [0.15, 0.2) is 0 Å². The summed E-state index contributed by atoms with van der Waals surface area (Å²) in [5.41, 5.74) is 0. The maximum atomic E-state index is 11.7. The SMILES string of the molecule is [C-]#[N+]C1CCC(OC(F)(F)F)CC1. The van der Waals surface area contributed by atoms with Crippen molar-refractivity contribution in [2.75, 3.05) is 0 Å². The Morgan fingerprint density at radius 2 is 1.69 bits per heavy atom. The molecular weight excluding hydrogens is 183 g/mol. The first-order valence-electron chi connectivity index (χ1n) is 4.12. The molecule has 0 aromatic carbocycles. The molecule has 1 rings (SSSR count). The van der Waals surface area contributed by atoms with Crippen molar-refractivity contribution in [2.24, 2.45) is 0 Å². The average Bonchev–Trinajstić information content (AvgIpc) is 2.03. The minimum atomic E-state index is -4.53. The molecule has 1 aliphatic rings. The van der Waals surface area contributed by atoms with Crippen molar-refractivity contribution in [3.8, 4) is 0 Å². The summed E-state index contributed by atoms with van der Waals surface area (Å²) in [6, 6.07) is -0.104. The fraction of sp³-hybridized carbons (Fsp3) is 0.875. The lowest BCUT2D eigenvalue weighted by atomic mass is 9.94. The maximum absolute atomic E-state index is 11.7. The Balaban J connectivity index is 2.30. The molecule has 0 aliphatic heterocycles. The van der Waals surface area contributed by atoms with Crippen molar-refractivity contribution >= 4 is 0 Å². The Labute approximate surface area is 74.5 Å². The topological polar surface area (TPSA) is 13.6 Å². The number of ether oxygens (including phenoxy) is 1. The molecule has 13 heavy (non-hydrogen) atoms. The van der Waals surface area contributed by atoms with Gasteiger partial charge >= 0.3 is 6.36 Å². The highest BCUT2D eigenvalue weighted by atomic mass is 19.4. The van der Waals surface area contributed by atoms with E-state index in [-0.39, 0.29) is 6.04 Å². The largest absolute Gasteiger partial charge is 0.522 e. The maximum Gasteiger partial charge on any atom is 0.522 e. The normalized spacial score (nSPS) is 29.7. The van der Waals surface area contributed by atoms with Gasteiger partial charge in [0.1, 0.15) is 0 Å². The predicted octanol–water partition coefficient (Wildman–Crippen LogP) is 2.75. The summed E-state index contributed by atoms with van der Waals surface area (Å²) < 4.78 is 39.1. The first-order valence-corrected chi connectivity index (χ1v) is 4.12. The van der Waals surface area contributed by atoms with Crippen LogP contribution in [0.4, 0.5) is 13.2 Å². The third-order valence-electron chi connectivity index (χ3n) is 2.13. The Morgan fingerprint density at radius 1 is 1.15 bits per heavy atom. The predicted molar refractivity (Wildman–Crippen MR) is 39.8 cm³/mol. The Hall–Kier alpha value is -0.760. The van der Waals surface area contributed by atoms with Gasteiger partial charge in [-0.1, -0.05) is 0 Å². The van der Waals surface area contributed by atoms with Crippen LogP contribution in [0.2, 0.25) is 0 Å². The second-order valence-electron chi connectivity index (χ2n) is 3.12. The summed E-state index contributed by atoms with van der Waals surface area (Å²) >= 11 is 0. The number of hydrogen-bond acceptors (Lipinski definition) is 1. The van der Waals surface area contributed by atoms with Crippen LogP contribution < -0.4 is 0 Å². The van der Waals surface area contributed by atoms with Crippen LogP contribution in [-0.2, 0) is 4.74 Å². The van der Waals surface area contributed by atoms with Gasteiger partial charge in [0.05, 0.1) is 6.10 Å². The van der Waals surface area contributed by atoms with Crippen LogP contribution in [0.1, 0.15) is 25.7 Å². The van der Waals surface area contributed by atoms with Gasteiger partial charge in [0.2, 0.25) is 6.04 Å². The van der Waals surface area contributed by atoms with E-state index in [9.17, 15) is 13.2 Å². The van der Waals surface area contributed by atoms with Crippen LogP contribution in [0.3, 0.4) is 0 Å². The van der Waals surface area contributed by atoms with E-state index >= 15 is 0 Å². The molecular formula is C8H10F3NO. The smallest absolute Gasteiger partial charge is 0.314 e. The Morgan fingerprint density at radius 3 is 2.08 bits per heavy atom. The van der Waals surface area contributed by atoms with Crippen LogP contribution in [0, 0.1) is 6.57 Å². The molecule has 1 fully saturated rings. The molecule has 0 amide bonds. The molecule has 0 saturated heterocycles. The van der Waals surface area contributed by atoms with E-state index in [0.717, 1.165) is 0 Å². The van der Waals surface area contributed by atoms with Gasteiger partial charge in [-0.15, -0.1) is 13.2 Å². The van der Waals surface area contributed by atoms with Crippen LogP contribution in [-0.4, -0.2) is 18.5 Å². The van der Waals surface area contributed by atoms with E-state index in [1.807, 2.05) is 0 Å². The minimum Gasteiger partial charge on any atom is -0.314 e. The third kappa shape index (κ3) is 3.64. The quantitative estimate of drug-likeness (QED) is 0.584. The number of halogens is 3. The van der Waals surface area contributed by atoms with Gasteiger partial charge in [-0.25, -0.2) is 6.57 Å². The summed E-state index contributed by atoms with van der Waals surface area (Å²) in [4.78, 5) is 3.29. The number of hydrogen-bond donors (Lipinski definition) is 0. The van der Waals surface area contributed by atoms with Crippen molar-refractivity contribution in [3.63, 3.8) is 0 Å². The van der Waals surface area contributed by atoms with E-state index in [2.05, 4.69) is 9.58 Å². The molecule has 0 bridgehead atoms. The van der Waals surface area contributed by atoms with Crippen molar-refractivity contribution in [2.45, 2.75) is 44.2 Å². The molecule has 2 nitrogen and oxygen atoms in total. The van der Waals surface area contributed by atoms with Crippen molar-refractivity contribution < 1.29 is 17.9 Å². The van der Waals surface area contributed by atoms with E-state index in [1.165, 1.54) is 0 Å². The zero-order valence-electron chi connectivity index (χ0n) is 6.97. The molecule has 0 heterocycles. The van der Waals surface area contributed by atoms with E-state index in [1.54, 1.807) is 0 Å². The first kappa shape index (κ1) is 10.3. The summed E-state index contributed by atoms with van der Waals surface area (Å²) in [6.07, 6.45) is -3.55. The van der Waals surface area contributed by atoms with Crippen molar-refractivity contribution in [1.82, 2.24) is 0 Å². The second-order valence-corrected chi connectivity index (χ2v) is 3.12. The highest BCUT2D eigenvalue weighted by molar-refractivity contribution is 4.85. The minimum absolute atomic E-state index is 0.104. The molecule has 5 heteroatoms. The molecule has 0 aromatic heterocycles. The molecule has 1 saturated carbocycles. The third-order valence-corrected chi connectivity index (χ3v) is 2.13. The van der Waals surface area contributed by atoms with Gasteiger partial charge < -0.3 is 4.85 Å². The van der Waals surface area contributed by atoms with E-state index in [0.29, 0.717) is 25.7 Å². The lowest BCUT2D eigenvalue weighted by Gasteiger charge is -2.23. The fourth-order valence-corrected chi connectivity index (χ4v) is 1.48. The standard InChI is InChI=1S/C8H10F3NO/c1-12-6-2-4-7(5-3-6)13-8(9,10)11/h6-7H,2-5H2. The van der Waals surface area contributed by atoms with Gasteiger partial charge in [-0.2, -0.15) is 0 Å². The molecule has 0 aromatic rings. The summed E-state index contributed by atoms with van der Waals surface area (Å²) in [6.45, 7) is 6.70. The Bertz CT molecular complexity index is 200. The van der Waals surface area contributed by atoms with Crippen molar-refractivity contribution in [1.29, 1.82) is 0 Å².